The lowest BCUT2D eigenvalue weighted by molar-refractivity contribution is 0.459. The molecule has 0 aliphatic carbocycles. The van der Waals surface area contributed by atoms with Crippen LogP contribution in [0.4, 0.5) is 5.82 Å². The van der Waals surface area contributed by atoms with Crippen LogP contribution < -0.4 is 10.2 Å². The van der Waals surface area contributed by atoms with Crippen LogP contribution in [0, 0.1) is 11.8 Å². The zero-order valence-corrected chi connectivity index (χ0v) is 13.9. The molecule has 0 aromatic carbocycles. The SMILES string of the molecule is CCC1CCCN(c2ccc(CNCC(C)C)cn2)CC1. The first kappa shape index (κ1) is 16.3. The van der Waals surface area contributed by atoms with Gasteiger partial charge in [-0.25, -0.2) is 4.98 Å². The van der Waals surface area contributed by atoms with Crippen molar-refractivity contribution in [3.8, 4) is 0 Å². The van der Waals surface area contributed by atoms with Gasteiger partial charge in [0.25, 0.3) is 0 Å². The number of rotatable bonds is 6. The van der Waals surface area contributed by atoms with E-state index < -0.39 is 0 Å². The summed E-state index contributed by atoms with van der Waals surface area (Å²) in [5.41, 5.74) is 1.28. The molecule has 1 saturated heterocycles. The van der Waals surface area contributed by atoms with Crippen molar-refractivity contribution in [1.29, 1.82) is 0 Å². The Morgan fingerprint density at radius 2 is 2.14 bits per heavy atom. The molecule has 2 rings (SSSR count). The van der Waals surface area contributed by atoms with Crippen LogP contribution in [0.15, 0.2) is 18.3 Å². The standard InChI is InChI=1S/C18H31N3/c1-4-16-6-5-10-21(11-9-16)18-8-7-17(14-20-18)13-19-12-15(2)3/h7-8,14-16,19H,4-6,9-13H2,1-3H3. The summed E-state index contributed by atoms with van der Waals surface area (Å²) in [5.74, 6) is 2.76. The van der Waals surface area contributed by atoms with Crippen molar-refractivity contribution in [3.63, 3.8) is 0 Å². The minimum absolute atomic E-state index is 0.695. The molecular formula is C18H31N3. The Balaban J connectivity index is 1.86. The van der Waals surface area contributed by atoms with Gasteiger partial charge in [0.2, 0.25) is 0 Å². The van der Waals surface area contributed by atoms with Gasteiger partial charge in [0.05, 0.1) is 0 Å². The molecular weight excluding hydrogens is 258 g/mol. The average Bonchev–Trinajstić information content (AvgIpc) is 2.73. The van der Waals surface area contributed by atoms with E-state index in [2.05, 4.69) is 48.1 Å². The molecule has 1 aliphatic heterocycles. The maximum absolute atomic E-state index is 4.68. The van der Waals surface area contributed by atoms with Gasteiger partial charge in [-0.15, -0.1) is 0 Å². The summed E-state index contributed by atoms with van der Waals surface area (Å²) in [5, 5.41) is 3.47. The predicted octanol–water partition coefficient (Wildman–Crippen LogP) is 3.84. The molecule has 2 heterocycles. The summed E-state index contributed by atoms with van der Waals surface area (Å²) in [4.78, 5) is 7.14. The smallest absolute Gasteiger partial charge is 0.128 e. The Labute approximate surface area is 130 Å². The van der Waals surface area contributed by atoms with Crippen LogP contribution >= 0.6 is 0 Å². The second kappa shape index (κ2) is 8.38. The molecule has 118 valence electrons. The van der Waals surface area contributed by atoms with Crippen LogP contribution in [0.25, 0.3) is 0 Å². The lowest BCUT2D eigenvalue weighted by atomic mass is 9.98. The second-order valence-corrected chi connectivity index (χ2v) is 6.74. The molecule has 0 saturated carbocycles. The Kier molecular flexibility index (Phi) is 6.50. The normalized spacial score (nSPS) is 19.8. The van der Waals surface area contributed by atoms with Gasteiger partial charge < -0.3 is 10.2 Å². The lowest BCUT2D eigenvalue weighted by Gasteiger charge is -2.21. The van der Waals surface area contributed by atoms with Gasteiger partial charge in [0.1, 0.15) is 5.82 Å². The molecule has 1 N–H and O–H groups in total. The Morgan fingerprint density at radius 1 is 1.29 bits per heavy atom. The number of nitrogens with one attached hydrogen (secondary N) is 1. The largest absolute Gasteiger partial charge is 0.357 e. The highest BCUT2D eigenvalue weighted by Gasteiger charge is 2.16. The summed E-state index contributed by atoms with van der Waals surface area (Å²) in [6, 6.07) is 4.41. The molecule has 1 unspecified atom stereocenters. The van der Waals surface area contributed by atoms with Crippen molar-refractivity contribution >= 4 is 5.82 Å². The molecule has 0 bridgehead atoms. The molecule has 21 heavy (non-hydrogen) atoms. The van der Waals surface area contributed by atoms with Gasteiger partial charge in [-0.2, -0.15) is 0 Å². The Hall–Kier alpha value is -1.09. The molecule has 3 nitrogen and oxygen atoms in total. The third-order valence-corrected chi connectivity index (χ3v) is 4.44. The van der Waals surface area contributed by atoms with Gasteiger partial charge in [0, 0.05) is 25.8 Å². The molecule has 0 spiro atoms. The monoisotopic (exact) mass is 289 g/mol. The highest BCUT2D eigenvalue weighted by Crippen LogP contribution is 2.23. The van der Waals surface area contributed by atoms with E-state index in [1.54, 1.807) is 0 Å². The lowest BCUT2D eigenvalue weighted by Crippen LogP contribution is -2.25. The maximum atomic E-state index is 4.68. The van der Waals surface area contributed by atoms with Gasteiger partial charge in [-0.1, -0.05) is 33.3 Å². The van der Waals surface area contributed by atoms with E-state index in [1.807, 2.05) is 6.20 Å². The Morgan fingerprint density at radius 3 is 2.81 bits per heavy atom. The van der Waals surface area contributed by atoms with Crippen molar-refractivity contribution in [2.24, 2.45) is 11.8 Å². The van der Waals surface area contributed by atoms with E-state index >= 15 is 0 Å². The van der Waals surface area contributed by atoms with Crippen LogP contribution in [0.3, 0.4) is 0 Å². The van der Waals surface area contributed by atoms with Gasteiger partial charge in [-0.3, -0.25) is 0 Å². The topological polar surface area (TPSA) is 28.2 Å². The first-order chi connectivity index (χ1) is 10.2. The van der Waals surface area contributed by atoms with Gasteiger partial charge >= 0.3 is 0 Å². The van der Waals surface area contributed by atoms with Crippen LogP contribution in [0.5, 0.6) is 0 Å². The van der Waals surface area contributed by atoms with Crippen molar-refractivity contribution in [2.75, 3.05) is 24.5 Å². The van der Waals surface area contributed by atoms with Crippen molar-refractivity contribution < 1.29 is 0 Å². The zero-order chi connectivity index (χ0) is 15.1. The van der Waals surface area contributed by atoms with Crippen molar-refractivity contribution in [2.45, 2.75) is 53.0 Å². The van der Waals surface area contributed by atoms with Crippen LogP contribution in [-0.2, 0) is 6.54 Å². The van der Waals surface area contributed by atoms with Crippen LogP contribution in [-0.4, -0.2) is 24.6 Å². The fourth-order valence-corrected chi connectivity index (χ4v) is 3.02. The van der Waals surface area contributed by atoms with Crippen molar-refractivity contribution in [1.82, 2.24) is 10.3 Å². The first-order valence-corrected chi connectivity index (χ1v) is 8.59. The van der Waals surface area contributed by atoms with E-state index in [4.69, 9.17) is 0 Å². The third-order valence-electron chi connectivity index (χ3n) is 4.44. The molecule has 0 radical (unpaired) electrons. The van der Waals surface area contributed by atoms with E-state index in [1.165, 1.54) is 31.2 Å². The minimum atomic E-state index is 0.695. The molecule has 1 fully saturated rings. The Bertz CT molecular complexity index is 399. The summed E-state index contributed by atoms with van der Waals surface area (Å²) < 4.78 is 0. The summed E-state index contributed by atoms with van der Waals surface area (Å²) >= 11 is 0. The second-order valence-electron chi connectivity index (χ2n) is 6.74. The highest BCUT2D eigenvalue weighted by atomic mass is 15.2. The molecule has 1 aromatic rings. The molecule has 1 aliphatic rings. The predicted molar refractivity (Wildman–Crippen MR) is 90.6 cm³/mol. The minimum Gasteiger partial charge on any atom is -0.357 e. The number of aromatic nitrogens is 1. The summed E-state index contributed by atoms with van der Waals surface area (Å²) in [6.45, 7) is 11.1. The molecule has 1 atom stereocenters. The fourth-order valence-electron chi connectivity index (χ4n) is 3.02. The summed E-state index contributed by atoms with van der Waals surface area (Å²) in [7, 11) is 0. The number of hydrogen-bond acceptors (Lipinski definition) is 3. The number of pyridine rings is 1. The zero-order valence-electron chi connectivity index (χ0n) is 13.9. The fraction of sp³-hybridized carbons (Fsp3) is 0.722. The van der Waals surface area contributed by atoms with E-state index in [-0.39, 0.29) is 0 Å². The average molecular weight is 289 g/mol. The highest BCUT2D eigenvalue weighted by molar-refractivity contribution is 5.39. The number of hydrogen-bond donors (Lipinski definition) is 1. The number of nitrogens with zero attached hydrogens (tertiary/aromatic N) is 2. The number of anilines is 1. The first-order valence-electron chi connectivity index (χ1n) is 8.59. The quantitative estimate of drug-likeness (QED) is 0.862. The van der Waals surface area contributed by atoms with Crippen molar-refractivity contribution in [3.05, 3.63) is 23.9 Å². The summed E-state index contributed by atoms with van der Waals surface area (Å²) in [6.07, 6.45) is 7.35. The maximum Gasteiger partial charge on any atom is 0.128 e. The van der Waals surface area contributed by atoms with Gasteiger partial charge in [0.15, 0.2) is 0 Å². The van der Waals surface area contributed by atoms with E-state index in [0.29, 0.717) is 5.92 Å². The van der Waals surface area contributed by atoms with E-state index in [9.17, 15) is 0 Å². The molecule has 0 amide bonds. The van der Waals surface area contributed by atoms with E-state index in [0.717, 1.165) is 37.9 Å². The van der Waals surface area contributed by atoms with Crippen LogP contribution in [0.2, 0.25) is 0 Å². The van der Waals surface area contributed by atoms with Gasteiger partial charge in [-0.05, 0) is 49.3 Å². The third kappa shape index (κ3) is 5.31. The molecule has 1 aromatic heterocycles. The van der Waals surface area contributed by atoms with Crippen LogP contribution in [0.1, 0.15) is 52.0 Å². The molecule has 3 heteroatoms.